The molecule has 0 aromatic carbocycles. The van der Waals surface area contributed by atoms with Gasteiger partial charge in [0.1, 0.15) is 11.5 Å². The van der Waals surface area contributed by atoms with E-state index in [4.69, 9.17) is 16.1 Å². The Bertz CT molecular complexity index is 529. The summed E-state index contributed by atoms with van der Waals surface area (Å²) in [5.41, 5.74) is 3.92. The summed E-state index contributed by atoms with van der Waals surface area (Å²) in [4.78, 5) is 4.48. The molecule has 1 aliphatic carbocycles. The number of halogens is 1. The number of hydrogen-bond acceptors (Lipinski definition) is 3. The molecule has 0 amide bonds. The van der Waals surface area contributed by atoms with Crippen LogP contribution in [0.5, 0.6) is 0 Å². The molecule has 0 radical (unpaired) electrons. The fourth-order valence-corrected chi connectivity index (χ4v) is 2.26. The van der Waals surface area contributed by atoms with Crippen LogP contribution in [-0.2, 0) is 5.88 Å². The Labute approximate surface area is 105 Å². The van der Waals surface area contributed by atoms with Crippen molar-refractivity contribution in [2.24, 2.45) is 0 Å². The van der Waals surface area contributed by atoms with Crippen molar-refractivity contribution in [1.82, 2.24) is 10.1 Å². The first kappa shape index (κ1) is 10.8. The lowest BCUT2D eigenvalue weighted by Crippen LogP contribution is -1.89. The topological polar surface area (TPSA) is 38.9 Å². The van der Waals surface area contributed by atoms with Gasteiger partial charge in [0.05, 0.1) is 5.88 Å². The van der Waals surface area contributed by atoms with E-state index in [0.717, 1.165) is 22.6 Å². The first-order valence-electron chi connectivity index (χ1n) is 5.77. The molecule has 4 heteroatoms. The molecule has 2 aromatic rings. The van der Waals surface area contributed by atoms with Gasteiger partial charge in [-0.25, -0.2) is 0 Å². The SMILES string of the molecule is Cc1onc(-c2ccc(C3CC3)nc2)c1CCl. The van der Waals surface area contributed by atoms with Gasteiger partial charge in [0.2, 0.25) is 0 Å². The van der Waals surface area contributed by atoms with Crippen LogP contribution in [0.25, 0.3) is 11.3 Å². The van der Waals surface area contributed by atoms with E-state index in [1.54, 1.807) is 0 Å². The minimum atomic E-state index is 0.412. The highest BCUT2D eigenvalue weighted by atomic mass is 35.5. The molecule has 1 aliphatic rings. The van der Waals surface area contributed by atoms with Crippen LogP contribution in [0.15, 0.2) is 22.9 Å². The maximum atomic E-state index is 5.90. The van der Waals surface area contributed by atoms with Crippen molar-refractivity contribution in [3.63, 3.8) is 0 Å². The molecular weight excluding hydrogens is 236 g/mol. The average molecular weight is 249 g/mol. The summed E-state index contributed by atoms with van der Waals surface area (Å²) in [5.74, 6) is 1.87. The Balaban J connectivity index is 1.96. The number of aryl methyl sites for hydroxylation is 1. The first-order chi connectivity index (χ1) is 8.29. The summed E-state index contributed by atoms with van der Waals surface area (Å²) >= 11 is 5.90. The molecule has 0 aliphatic heterocycles. The highest BCUT2D eigenvalue weighted by molar-refractivity contribution is 6.17. The van der Waals surface area contributed by atoms with Gasteiger partial charge in [0.15, 0.2) is 0 Å². The second kappa shape index (κ2) is 4.15. The zero-order chi connectivity index (χ0) is 11.8. The Hall–Kier alpha value is -1.35. The molecule has 0 spiro atoms. The van der Waals surface area contributed by atoms with Gasteiger partial charge in [-0.05, 0) is 31.9 Å². The van der Waals surface area contributed by atoms with Gasteiger partial charge >= 0.3 is 0 Å². The summed E-state index contributed by atoms with van der Waals surface area (Å²) in [6.45, 7) is 1.88. The van der Waals surface area contributed by atoms with E-state index in [0.29, 0.717) is 11.8 Å². The number of nitrogens with zero attached hydrogens (tertiary/aromatic N) is 2. The van der Waals surface area contributed by atoms with E-state index in [-0.39, 0.29) is 0 Å². The fraction of sp³-hybridized carbons (Fsp3) is 0.385. The zero-order valence-corrected chi connectivity index (χ0v) is 10.4. The van der Waals surface area contributed by atoms with E-state index in [2.05, 4.69) is 16.2 Å². The van der Waals surface area contributed by atoms with Crippen LogP contribution in [0, 0.1) is 6.92 Å². The maximum Gasteiger partial charge on any atom is 0.138 e. The van der Waals surface area contributed by atoms with E-state index < -0.39 is 0 Å². The summed E-state index contributed by atoms with van der Waals surface area (Å²) < 4.78 is 5.17. The van der Waals surface area contributed by atoms with Crippen LogP contribution in [-0.4, -0.2) is 10.1 Å². The maximum absolute atomic E-state index is 5.90. The predicted octanol–water partition coefficient (Wildman–Crippen LogP) is 3.66. The van der Waals surface area contributed by atoms with Crippen molar-refractivity contribution in [2.45, 2.75) is 31.6 Å². The lowest BCUT2D eigenvalue weighted by molar-refractivity contribution is 0.398. The Morgan fingerprint density at radius 1 is 1.41 bits per heavy atom. The number of aromatic nitrogens is 2. The lowest BCUT2D eigenvalue weighted by atomic mass is 10.1. The van der Waals surface area contributed by atoms with Crippen LogP contribution < -0.4 is 0 Å². The zero-order valence-electron chi connectivity index (χ0n) is 9.61. The third-order valence-electron chi connectivity index (χ3n) is 3.17. The van der Waals surface area contributed by atoms with Crippen molar-refractivity contribution < 1.29 is 4.52 Å². The summed E-state index contributed by atoms with van der Waals surface area (Å²) in [5, 5.41) is 4.05. The molecule has 0 saturated heterocycles. The second-order valence-corrected chi connectivity index (χ2v) is 4.71. The minimum absolute atomic E-state index is 0.412. The molecule has 88 valence electrons. The van der Waals surface area contributed by atoms with Gasteiger partial charge in [0.25, 0.3) is 0 Å². The molecule has 2 heterocycles. The summed E-state index contributed by atoms with van der Waals surface area (Å²) in [7, 11) is 0. The van der Waals surface area contributed by atoms with E-state index in [9.17, 15) is 0 Å². The molecule has 17 heavy (non-hydrogen) atoms. The molecular formula is C13H13ClN2O. The van der Waals surface area contributed by atoms with E-state index >= 15 is 0 Å². The van der Waals surface area contributed by atoms with Crippen molar-refractivity contribution >= 4 is 11.6 Å². The third kappa shape index (κ3) is 1.95. The van der Waals surface area contributed by atoms with Gasteiger partial charge < -0.3 is 4.52 Å². The van der Waals surface area contributed by atoms with Gasteiger partial charge in [-0.1, -0.05) is 5.16 Å². The summed E-state index contributed by atoms with van der Waals surface area (Å²) in [6.07, 6.45) is 4.39. The van der Waals surface area contributed by atoms with Crippen molar-refractivity contribution in [3.05, 3.63) is 35.3 Å². The Kier molecular flexibility index (Phi) is 2.63. The van der Waals surface area contributed by atoms with E-state index in [1.807, 2.05) is 19.2 Å². The quantitative estimate of drug-likeness (QED) is 0.778. The largest absolute Gasteiger partial charge is 0.361 e. The highest BCUT2D eigenvalue weighted by Gasteiger charge is 2.25. The molecule has 1 saturated carbocycles. The minimum Gasteiger partial charge on any atom is -0.361 e. The average Bonchev–Trinajstić information content (AvgIpc) is 3.13. The van der Waals surface area contributed by atoms with Gasteiger partial charge in [-0.2, -0.15) is 0 Å². The molecule has 3 rings (SSSR count). The summed E-state index contributed by atoms with van der Waals surface area (Å²) in [6, 6.07) is 4.13. The monoisotopic (exact) mass is 248 g/mol. The van der Waals surface area contributed by atoms with Crippen molar-refractivity contribution in [2.75, 3.05) is 0 Å². The van der Waals surface area contributed by atoms with Crippen LogP contribution >= 0.6 is 11.6 Å². The lowest BCUT2D eigenvalue weighted by Gasteiger charge is -2.00. The van der Waals surface area contributed by atoms with Crippen LogP contribution in [0.4, 0.5) is 0 Å². The van der Waals surface area contributed by atoms with Crippen LogP contribution in [0.3, 0.4) is 0 Å². The third-order valence-corrected chi connectivity index (χ3v) is 3.44. The molecule has 0 bridgehead atoms. The molecule has 1 fully saturated rings. The second-order valence-electron chi connectivity index (χ2n) is 4.45. The normalized spacial score (nSPS) is 15.2. The molecule has 3 nitrogen and oxygen atoms in total. The Morgan fingerprint density at radius 2 is 2.24 bits per heavy atom. The predicted molar refractivity (Wildman–Crippen MR) is 66.0 cm³/mol. The van der Waals surface area contributed by atoms with Crippen molar-refractivity contribution in [3.8, 4) is 11.3 Å². The fourth-order valence-electron chi connectivity index (χ4n) is 1.94. The Morgan fingerprint density at radius 3 is 2.82 bits per heavy atom. The number of rotatable bonds is 3. The van der Waals surface area contributed by atoms with Crippen LogP contribution in [0.1, 0.15) is 35.8 Å². The molecule has 2 aromatic heterocycles. The standard InChI is InChI=1S/C13H13ClN2O/c1-8-11(6-14)13(16-17-8)10-4-5-12(15-7-10)9-2-3-9/h4-5,7,9H,2-3,6H2,1H3. The molecule has 0 unspecified atom stereocenters. The molecule has 0 N–H and O–H groups in total. The van der Waals surface area contributed by atoms with Crippen molar-refractivity contribution in [1.29, 1.82) is 0 Å². The smallest absolute Gasteiger partial charge is 0.138 e. The van der Waals surface area contributed by atoms with E-state index in [1.165, 1.54) is 18.5 Å². The van der Waals surface area contributed by atoms with Gasteiger partial charge in [-0.3, -0.25) is 4.98 Å². The van der Waals surface area contributed by atoms with Gasteiger partial charge in [-0.15, -0.1) is 11.6 Å². The molecule has 0 atom stereocenters. The highest BCUT2D eigenvalue weighted by Crippen LogP contribution is 2.39. The van der Waals surface area contributed by atoms with Crippen LogP contribution in [0.2, 0.25) is 0 Å². The number of alkyl halides is 1. The number of pyridine rings is 1. The first-order valence-corrected chi connectivity index (χ1v) is 6.30. The number of hydrogen-bond donors (Lipinski definition) is 0. The van der Waals surface area contributed by atoms with Gasteiger partial charge in [0, 0.05) is 28.9 Å².